The van der Waals surface area contributed by atoms with Crippen LogP contribution in [0.3, 0.4) is 0 Å². The molecular weight excluding hydrogens is 314 g/mol. The van der Waals surface area contributed by atoms with E-state index >= 15 is 0 Å². The topological polar surface area (TPSA) is 71.5 Å². The lowest BCUT2D eigenvalue weighted by atomic mass is 10.1. The average molecular weight is 330 g/mol. The Morgan fingerprint density at radius 3 is 2.57 bits per heavy atom. The van der Waals surface area contributed by atoms with E-state index in [1.807, 2.05) is 6.92 Å². The summed E-state index contributed by atoms with van der Waals surface area (Å²) in [5.74, 6) is -0.556. The predicted octanol–water partition coefficient (Wildman–Crippen LogP) is 1.52. The fourth-order valence-corrected chi connectivity index (χ4v) is 4.22. The number of nitrogens with zero attached hydrogens (tertiary/aromatic N) is 1. The predicted molar refractivity (Wildman–Crippen MR) is 78.8 cm³/mol. The van der Waals surface area contributed by atoms with E-state index in [1.54, 1.807) is 12.1 Å². The van der Waals surface area contributed by atoms with Gasteiger partial charge in [-0.1, -0.05) is 17.7 Å². The Bertz CT molecular complexity index is 641. The van der Waals surface area contributed by atoms with E-state index in [0.717, 1.165) is 9.87 Å². The summed E-state index contributed by atoms with van der Waals surface area (Å²) in [4.78, 5) is 22.8. The lowest BCUT2D eigenvalue weighted by molar-refractivity contribution is -0.124. The first-order chi connectivity index (χ1) is 9.87. The van der Waals surface area contributed by atoms with Crippen molar-refractivity contribution in [3.8, 4) is 0 Å². The largest absolute Gasteiger partial charge is 0.301 e. The first kappa shape index (κ1) is 16.1. The molecule has 0 N–H and O–H groups in total. The number of hydrogen-bond donors (Lipinski definition) is 0. The van der Waals surface area contributed by atoms with Crippen LogP contribution in [0.1, 0.15) is 18.4 Å². The van der Waals surface area contributed by atoms with Crippen LogP contribution in [0.25, 0.3) is 0 Å². The Morgan fingerprint density at radius 1 is 1.38 bits per heavy atom. The summed E-state index contributed by atoms with van der Waals surface area (Å²) in [5.41, 5.74) is 0.949. The van der Waals surface area contributed by atoms with Gasteiger partial charge in [0.05, 0.1) is 10.9 Å². The number of rotatable bonds is 5. The number of aryl methyl sites for hydroxylation is 1. The molecule has 0 aliphatic carbocycles. The Morgan fingerprint density at radius 2 is 2.00 bits per heavy atom. The molecule has 5 nitrogen and oxygen atoms in total. The number of carbonyl (C=O) groups is 2. The third-order valence-electron chi connectivity index (χ3n) is 3.55. The summed E-state index contributed by atoms with van der Waals surface area (Å²) in [6, 6.07) is 5.58. The summed E-state index contributed by atoms with van der Waals surface area (Å²) < 4.78 is 26.4. The molecule has 2 atom stereocenters. The Kier molecular flexibility index (Phi) is 4.81. The summed E-state index contributed by atoms with van der Waals surface area (Å²) in [7, 11) is -3.75. The van der Waals surface area contributed by atoms with Gasteiger partial charge in [0, 0.05) is 6.54 Å². The molecule has 1 heterocycles. The van der Waals surface area contributed by atoms with E-state index in [1.165, 1.54) is 12.1 Å². The van der Waals surface area contributed by atoms with E-state index in [4.69, 9.17) is 11.6 Å². The van der Waals surface area contributed by atoms with Crippen molar-refractivity contribution >= 4 is 33.7 Å². The molecule has 0 aromatic heterocycles. The molecule has 7 heteroatoms. The van der Waals surface area contributed by atoms with Gasteiger partial charge in [-0.25, -0.2) is 8.42 Å². The van der Waals surface area contributed by atoms with Crippen molar-refractivity contribution in [3.63, 3.8) is 0 Å². The minimum atomic E-state index is -3.75. The van der Waals surface area contributed by atoms with Crippen LogP contribution in [0, 0.1) is 6.92 Å². The smallest absolute Gasteiger partial charge is 0.243 e. The second-order valence-electron chi connectivity index (χ2n) is 5.03. The van der Waals surface area contributed by atoms with E-state index in [9.17, 15) is 18.0 Å². The number of carbonyl (C=O) groups excluding carboxylic acids is 2. The van der Waals surface area contributed by atoms with Gasteiger partial charge < -0.3 is 4.79 Å². The molecular formula is C14H16ClNO4S. The molecule has 0 spiro atoms. The third-order valence-corrected chi connectivity index (χ3v) is 5.79. The third kappa shape index (κ3) is 3.17. The van der Waals surface area contributed by atoms with Crippen LogP contribution in [-0.2, 0) is 19.6 Å². The monoisotopic (exact) mass is 329 g/mol. The van der Waals surface area contributed by atoms with Gasteiger partial charge in [0.1, 0.15) is 11.7 Å². The maximum Gasteiger partial charge on any atom is 0.243 e. The highest BCUT2D eigenvalue weighted by molar-refractivity contribution is 7.89. The number of alkyl halides is 1. The van der Waals surface area contributed by atoms with Crippen LogP contribution < -0.4 is 0 Å². The van der Waals surface area contributed by atoms with Crippen molar-refractivity contribution in [2.24, 2.45) is 0 Å². The van der Waals surface area contributed by atoms with Crippen LogP contribution in [0.15, 0.2) is 29.2 Å². The van der Waals surface area contributed by atoms with Crippen LogP contribution in [-0.4, -0.2) is 42.8 Å². The standard InChI is InChI=1S/C14H16ClNO4S/c1-10-4-6-11(7-5-10)21(19,20)16-8-2-3-13(16)14(18)12(15)9-17/h4-7,9,12-13H,2-3,8H2,1H3. The fraction of sp³-hybridized carbons (Fsp3) is 0.429. The molecule has 1 aliphatic heterocycles. The molecule has 1 aromatic carbocycles. The zero-order valence-corrected chi connectivity index (χ0v) is 13.1. The van der Waals surface area contributed by atoms with Gasteiger partial charge >= 0.3 is 0 Å². The molecule has 1 fully saturated rings. The SMILES string of the molecule is Cc1ccc(S(=O)(=O)N2CCCC2C(=O)C(Cl)C=O)cc1. The number of halogens is 1. The molecule has 0 radical (unpaired) electrons. The van der Waals surface area contributed by atoms with Gasteiger partial charge in [0.15, 0.2) is 5.78 Å². The Labute approximate surface area is 128 Å². The summed E-state index contributed by atoms with van der Waals surface area (Å²) in [6.07, 6.45) is 1.30. The number of sulfonamides is 1. The Balaban J connectivity index is 2.32. The van der Waals surface area contributed by atoms with Crippen LogP contribution in [0.5, 0.6) is 0 Å². The molecule has 114 valence electrons. The van der Waals surface area contributed by atoms with E-state index in [-0.39, 0.29) is 11.4 Å². The van der Waals surface area contributed by atoms with E-state index < -0.39 is 27.2 Å². The highest BCUT2D eigenvalue weighted by Gasteiger charge is 2.41. The van der Waals surface area contributed by atoms with Crippen molar-refractivity contribution in [1.29, 1.82) is 0 Å². The van der Waals surface area contributed by atoms with Crippen LogP contribution >= 0.6 is 11.6 Å². The summed E-state index contributed by atoms with van der Waals surface area (Å²) in [6.45, 7) is 2.12. The highest BCUT2D eigenvalue weighted by atomic mass is 35.5. The average Bonchev–Trinajstić information content (AvgIpc) is 2.96. The zero-order valence-electron chi connectivity index (χ0n) is 11.5. The number of ketones is 1. The van der Waals surface area contributed by atoms with Crippen LogP contribution in [0.2, 0.25) is 0 Å². The molecule has 2 unspecified atom stereocenters. The molecule has 21 heavy (non-hydrogen) atoms. The lowest BCUT2D eigenvalue weighted by Gasteiger charge is -2.23. The molecule has 1 aromatic rings. The number of hydrogen-bond acceptors (Lipinski definition) is 4. The number of benzene rings is 1. The lowest BCUT2D eigenvalue weighted by Crippen LogP contribution is -2.43. The first-order valence-corrected chi connectivity index (χ1v) is 8.47. The quantitative estimate of drug-likeness (QED) is 0.466. The van der Waals surface area contributed by atoms with Gasteiger partial charge in [0.2, 0.25) is 10.0 Å². The van der Waals surface area contributed by atoms with Crippen LogP contribution in [0.4, 0.5) is 0 Å². The normalized spacial score (nSPS) is 21.1. The van der Waals surface area contributed by atoms with Crippen molar-refractivity contribution in [2.75, 3.05) is 6.54 Å². The molecule has 2 rings (SSSR count). The molecule has 0 saturated carbocycles. The minimum Gasteiger partial charge on any atom is -0.301 e. The maximum atomic E-state index is 12.6. The fourth-order valence-electron chi connectivity index (χ4n) is 2.41. The molecule has 1 aliphatic rings. The van der Waals surface area contributed by atoms with Gasteiger partial charge in [0.25, 0.3) is 0 Å². The second kappa shape index (κ2) is 6.25. The van der Waals surface area contributed by atoms with Crippen molar-refractivity contribution in [1.82, 2.24) is 4.31 Å². The molecule has 0 bridgehead atoms. The van der Waals surface area contributed by atoms with Crippen molar-refractivity contribution in [3.05, 3.63) is 29.8 Å². The maximum absolute atomic E-state index is 12.6. The van der Waals surface area contributed by atoms with E-state index in [0.29, 0.717) is 19.1 Å². The first-order valence-electron chi connectivity index (χ1n) is 6.59. The van der Waals surface area contributed by atoms with Crippen molar-refractivity contribution < 1.29 is 18.0 Å². The van der Waals surface area contributed by atoms with Gasteiger partial charge in [-0.15, -0.1) is 11.6 Å². The Hall–Kier alpha value is -1.24. The highest BCUT2D eigenvalue weighted by Crippen LogP contribution is 2.27. The van der Waals surface area contributed by atoms with Gasteiger partial charge in [-0.2, -0.15) is 4.31 Å². The van der Waals surface area contributed by atoms with Gasteiger partial charge in [-0.3, -0.25) is 4.79 Å². The number of aldehydes is 1. The number of Topliss-reactive ketones (excluding diaryl/α,β-unsaturated/α-hetero) is 1. The van der Waals surface area contributed by atoms with Gasteiger partial charge in [-0.05, 0) is 31.9 Å². The summed E-state index contributed by atoms with van der Waals surface area (Å²) >= 11 is 5.64. The molecule has 1 saturated heterocycles. The van der Waals surface area contributed by atoms with Crippen molar-refractivity contribution in [2.45, 2.75) is 36.1 Å². The van der Waals surface area contributed by atoms with E-state index in [2.05, 4.69) is 0 Å². The minimum absolute atomic E-state index is 0.144. The second-order valence-corrected chi connectivity index (χ2v) is 7.39. The summed E-state index contributed by atoms with van der Waals surface area (Å²) in [5, 5.41) is -1.30. The zero-order chi connectivity index (χ0) is 15.6. The molecule has 0 amide bonds.